The molecule has 6 nitrogen and oxygen atoms in total. The second-order valence-electron chi connectivity index (χ2n) is 8.15. The Morgan fingerprint density at radius 3 is 1.51 bits per heavy atom. The third-order valence-electron chi connectivity index (χ3n) is 5.68. The van der Waals surface area contributed by atoms with Gasteiger partial charge in [-0.1, -0.05) is 12.1 Å². The van der Waals surface area contributed by atoms with Crippen LogP contribution in [0.3, 0.4) is 0 Å². The van der Waals surface area contributed by atoms with E-state index < -0.39 is 29.4 Å². The molecule has 0 spiro atoms. The first-order valence-corrected chi connectivity index (χ1v) is 10.8. The second-order valence-corrected chi connectivity index (χ2v) is 8.15. The molecule has 0 aliphatic carbocycles. The van der Waals surface area contributed by atoms with Crippen molar-refractivity contribution >= 4 is 23.2 Å². The van der Waals surface area contributed by atoms with Crippen LogP contribution in [0.1, 0.15) is 25.3 Å². The number of hydrogen-bond acceptors (Lipinski definition) is 4. The van der Waals surface area contributed by atoms with Gasteiger partial charge in [-0.05, 0) is 80.1 Å². The van der Waals surface area contributed by atoms with Crippen molar-refractivity contribution in [2.75, 3.05) is 10.6 Å². The predicted octanol–water partition coefficient (Wildman–Crippen LogP) is 5.18. The number of halogens is 2. The Bertz CT molecular complexity index is 1250. The van der Waals surface area contributed by atoms with Gasteiger partial charge >= 0.3 is 0 Å². The molecular formula is C27H23F2N3O3. The maximum Gasteiger partial charge on any atom is 0.254 e. The third kappa shape index (κ3) is 5.22. The summed E-state index contributed by atoms with van der Waals surface area (Å²) < 4.78 is 26.6. The van der Waals surface area contributed by atoms with Gasteiger partial charge in [-0.15, -0.1) is 0 Å². The van der Waals surface area contributed by atoms with E-state index in [0.717, 1.165) is 0 Å². The van der Waals surface area contributed by atoms with Gasteiger partial charge in [0.1, 0.15) is 17.4 Å². The number of carbonyl (C=O) groups excluding carboxylic acids is 2. The summed E-state index contributed by atoms with van der Waals surface area (Å²) in [7, 11) is 0. The maximum atomic E-state index is 13.4. The molecule has 178 valence electrons. The van der Waals surface area contributed by atoms with Crippen LogP contribution in [-0.2, 0) is 9.59 Å². The number of anilines is 2. The molecular weight excluding hydrogens is 452 g/mol. The van der Waals surface area contributed by atoms with Crippen LogP contribution in [0.15, 0.2) is 95.3 Å². The van der Waals surface area contributed by atoms with E-state index in [9.17, 15) is 23.5 Å². The summed E-state index contributed by atoms with van der Waals surface area (Å²) in [6.45, 7) is 3.45. The molecule has 0 aromatic heterocycles. The molecule has 0 unspecified atom stereocenters. The maximum absolute atomic E-state index is 13.4. The standard InChI is InChI=1S/C27H23F2N3O3/c1-15-23(26(34)31-20-9-5-18(28)6-10-20)25(17-3-13-22(33)14-4-17)24(16(2)30-15)27(35)32-21-11-7-19(29)8-12-21/h3-14,25,30,33H,1-2H3,(H,31,34)(H,32,35). The fourth-order valence-corrected chi connectivity index (χ4v) is 4.06. The van der Waals surface area contributed by atoms with Crippen LogP contribution in [0.4, 0.5) is 20.2 Å². The van der Waals surface area contributed by atoms with Crippen molar-refractivity contribution in [2.24, 2.45) is 0 Å². The van der Waals surface area contributed by atoms with Crippen LogP contribution in [0.25, 0.3) is 0 Å². The molecule has 4 N–H and O–H groups in total. The minimum Gasteiger partial charge on any atom is -0.508 e. The van der Waals surface area contributed by atoms with E-state index in [1.807, 2.05) is 0 Å². The second kappa shape index (κ2) is 9.80. The van der Waals surface area contributed by atoms with Crippen LogP contribution in [-0.4, -0.2) is 16.9 Å². The summed E-state index contributed by atoms with van der Waals surface area (Å²) in [4.78, 5) is 26.9. The smallest absolute Gasteiger partial charge is 0.254 e. The summed E-state index contributed by atoms with van der Waals surface area (Å²) in [6.07, 6.45) is 0. The zero-order valence-electron chi connectivity index (χ0n) is 19.0. The van der Waals surface area contributed by atoms with Crippen LogP contribution < -0.4 is 16.0 Å². The van der Waals surface area contributed by atoms with Crippen molar-refractivity contribution in [2.45, 2.75) is 19.8 Å². The van der Waals surface area contributed by atoms with E-state index >= 15 is 0 Å². The van der Waals surface area contributed by atoms with Crippen molar-refractivity contribution in [1.29, 1.82) is 0 Å². The fourth-order valence-electron chi connectivity index (χ4n) is 4.06. The molecule has 0 saturated heterocycles. The van der Waals surface area contributed by atoms with Crippen LogP contribution in [0.2, 0.25) is 0 Å². The van der Waals surface area contributed by atoms with E-state index in [1.54, 1.807) is 26.0 Å². The van der Waals surface area contributed by atoms with Gasteiger partial charge in [0.15, 0.2) is 0 Å². The average molecular weight is 475 g/mol. The SMILES string of the molecule is CC1=C(C(=O)Nc2ccc(F)cc2)C(c2ccc(O)cc2)C(C(=O)Nc2ccc(F)cc2)=C(C)N1. The summed E-state index contributed by atoms with van der Waals surface area (Å²) in [5.41, 5.74) is 3.05. The normalized spacial score (nSPS) is 13.9. The van der Waals surface area contributed by atoms with Gasteiger partial charge in [0.2, 0.25) is 0 Å². The van der Waals surface area contributed by atoms with Gasteiger partial charge in [0, 0.05) is 39.8 Å². The molecule has 0 radical (unpaired) electrons. The topological polar surface area (TPSA) is 90.5 Å². The third-order valence-corrected chi connectivity index (χ3v) is 5.68. The lowest BCUT2D eigenvalue weighted by atomic mass is 9.79. The van der Waals surface area contributed by atoms with Gasteiger partial charge in [-0.2, -0.15) is 0 Å². The molecule has 3 aromatic carbocycles. The van der Waals surface area contributed by atoms with E-state index in [2.05, 4.69) is 16.0 Å². The highest BCUT2D eigenvalue weighted by molar-refractivity contribution is 6.11. The van der Waals surface area contributed by atoms with Crippen LogP contribution in [0, 0.1) is 11.6 Å². The molecule has 2 amide bonds. The molecule has 1 heterocycles. The van der Waals surface area contributed by atoms with Crippen molar-refractivity contribution in [3.8, 4) is 5.75 Å². The number of nitrogens with one attached hydrogen (secondary N) is 3. The van der Waals surface area contributed by atoms with E-state index in [4.69, 9.17) is 0 Å². The van der Waals surface area contributed by atoms with Gasteiger partial charge in [-0.3, -0.25) is 9.59 Å². The molecule has 0 atom stereocenters. The summed E-state index contributed by atoms with van der Waals surface area (Å²) >= 11 is 0. The first-order chi connectivity index (χ1) is 16.7. The molecule has 4 rings (SSSR count). The number of carbonyl (C=O) groups is 2. The molecule has 0 bridgehead atoms. The first-order valence-electron chi connectivity index (χ1n) is 10.8. The Labute approximate surface area is 201 Å². The predicted molar refractivity (Wildman–Crippen MR) is 129 cm³/mol. The zero-order valence-corrected chi connectivity index (χ0v) is 19.0. The number of dihydropyridines is 1. The van der Waals surface area contributed by atoms with E-state index in [1.165, 1.54) is 60.7 Å². The Kier molecular flexibility index (Phi) is 6.64. The molecule has 0 saturated carbocycles. The minimum absolute atomic E-state index is 0.0405. The molecule has 1 aliphatic rings. The Morgan fingerprint density at radius 2 is 1.11 bits per heavy atom. The number of rotatable bonds is 5. The number of hydrogen-bond donors (Lipinski definition) is 4. The number of phenolic OH excluding ortho intramolecular Hbond substituents is 1. The molecule has 1 aliphatic heterocycles. The van der Waals surface area contributed by atoms with Crippen molar-refractivity contribution in [3.63, 3.8) is 0 Å². The quantitative estimate of drug-likeness (QED) is 0.409. The Hall–Kier alpha value is -4.46. The van der Waals surface area contributed by atoms with Gasteiger partial charge in [-0.25, -0.2) is 8.78 Å². The number of aromatic hydroxyl groups is 1. The van der Waals surface area contributed by atoms with Crippen molar-refractivity contribution in [1.82, 2.24) is 5.32 Å². The molecule has 0 fully saturated rings. The highest BCUT2D eigenvalue weighted by Gasteiger charge is 2.36. The molecule has 3 aromatic rings. The lowest BCUT2D eigenvalue weighted by Gasteiger charge is -2.31. The zero-order chi connectivity index (χ0) is 25.1. The highest BCUT2D eigenvalue weighted by atomic mass is 19.1. The van der Waals surface area contributed by atoms with Crippen molar-refractivity contribution in [3.05, 3.63) is 113 Å². The lowest BCUT2D eigenvalue weighted by molar-refractivity contribution is -0.113. The highest BCUT2D eigenvalue weighted by Crippen LogP contribution is 2.39. The van der Waals surface area contributed by atoms with E-state index in [-0.39, 0.29) is 16.9 Å². The number of allylic oxidation sites excluding steroid dienone is 2. The van der Waals surface area contributed by atoms with Crippen LogP contribution >= 0.6 is 0 Å². The largest absolute Gasteiger partial charge is 0.508 e. The molecule has 8 heteroatoms. The monoisotopic (exact) mass is 475 g/mol. The summed E-state index contributed by atoms with van der Waals surface area (Å²) in [5.74, 6) is -2.55. The summed E-state index contributed by atoms with van der Waals surface area (Å²) in [5, 5.41) is 18.4. The lowest BCUT2D eigenvalue weighted by Crippen LogP contribution is -2.35. The van der Waals surface area contributed by atoms with Gasteiger partial charge < -0.3 is 21.1 Å². The minimum atomic E-state index is -0.780. The fraction of sp³-hybridized carbons (Fsp3) is 0.111. The van der Waals surface area contributed by atoms with E-state index in [0.29, 0.717) is 28.3 Å². The Balaban J connectivity index is 1.74. The number of phenols is 1. The molecule has 35 heavy (non-hydrogen) atoms. The van der Waals surface area contributed by atoms with Gasteiger partial charge in [0.25, 0.3) is 11.8 Å². The first kappa shape index (κ1) is 23.7. The number of benzene rings is 3. The van der Waals surface area contributed by atoms with Crippen molar-refractivity contribution < 1.29 is 23.5 Å². The number of amides is 2. The van der Waals surface area contributed by atoms with Gasteiger partial charge in [0.05, 0.1) is 0 Å². The Morgan fingerprint density at radius 1 is 0.714 bits per heavy atom. The summed E-state index contributed by atoms with van der Waals surface area (Å²) in [6, 6.07) is 17.0. The average Bonchev–Trinajstić information content (AvgIpc) is 2.82. The van der Waals surface area contributed by atoms with Crippen LogP contribution in [0.5, 0.6) is 5.75 Å².